The molecule has 0 radical (unpaired) electrons. The van der Waals surface area contributed by atoms with E-state index in [-0.39, 0.29) is 19.3 Å². The lowest BCUT2D eigenvalue weighted by molar-refractivity contribution is -0.143. The molecule has 0 saturated carbocycles. The zero-order chi connectivity index (χ0) is 15.1. The number of carboxylic acid groups (broad SMARTS) is 1. The lowest BCUT2D eigenvalue weighted by atomic mass is 10.0. The fourth-order valence-electron chi connectivity index (χ4n) is 2.29. The van der Waals surface area contributed by atoms with Crippen molar-refractivity contribution in [1.82, 2.24) is 0 Å². The number of carboxylic acids is 1. The zero-order valence-electron chi connectivity index (χ0n) is 13.2. The van der Waals surface area contributed by atoms with Gasteiger partial charge in [-0.1, -0.05) is 64.7 Å². The smallest absolute Gasteiger partial charge is 0.305 e. The van der Waals surface area contributed by atoms with Crippen LogP contribution in [-0.2, 0) is 14.3 Å². The summed E-state index contributed by atoms with van der Waals surface area (Å²) >= 11 is 0. The lowest BCUT2D eigenvalue weighted by Gasteiger charge is -2.15. The van der Waals surface area contributed by atoms with Crippen LogP contribution in [0.3, 0.4) is 0 Å². The van der Waals surface area contributed by atoms with Crippen molar-refractivity contribution >= 4 is 5.97 Å². The highest BCUT2D eigenvalue weighted by molar-refractivity contribution is 5.67. The molecule has 0 aromatic rings. The Bertz CT molecular complexity index is 219. The Morgan fingerprint density at radius 2 is 1.55 bits per heavy atom. The van der Waals surface area contributed by atoms with E-state index in [9.17, 15) is 4.79 Å². The van der Waals surface area contributed by atoms with Crippen LogP contribution in [-0.4, -0.2) is 31.1 Å². The zero-order valence-corrected chi connectivity index (χ0v) is 13.2. The molecule has 0 unspecified atom stereocenters. The molecule has 0 fully saturated rings. The normalized spacial score (nSPS) is 12.5. The van der Waals surface area contributed by atoms with Gasteiger partial charge >= 0.3 is 5.97 Å². The summed E-state index contributed by atoms with van der Waals surface area (Å²) in [7, 11) is 1.55. The van der Waals surface area contributed by atoms with Crippen molar-refractivity contribution in [2.45, 2.75) is 83.7 Å². The van der Waals surface area contributed by atoms with Gasteiger partial charge in [-0.05, 0) is 6.42 Å². The van der Waals surface area contributed by atoms with E-state index in [4.69, 9.17) is 14.6 Å². The second-order valence-electron chi connectivity index (χ2n) is 5.41. The van der Waals surface area contributed by atoms with Crippen molar-refractivity contribution in [3.63, 3.8) is 0 Å². The molecule has 0 bridgehead atoms. The van der Waals surface area contributed by atoms with Gasteiger partial charge in [-0.15, -0.1) is 0 Å². The Balaban J connectivity index is 3.45. The number of unbranched alkanes of at least 4 members (excludes halogenated alkanes) is 8. The third-order valence-corrected chi connectivity index (χ3v) is 3.45. The summed E-state index contributed by atoms with van der Waals surface area (Å²) in [6.45, 7) is 2.41. The van der Waals surface area contributed by atoms with E-state index < -0.39 is 5.97 Å². The predicted molar refractivity (Wildman–Crippen MR) is 80.8 cm³/mol. The van der Waals surface area contributed by atoms with Gasteiger partial charge in [-0.3, -0.25) is 4.79 Å². The van der Waals surface area contributed by atoms with Crippen LogP contribution in [0.4, 0.5) is 0 Å². The molecule has 0 amide bonds. The molecule has 20 heavy (non-hydrogen) atoms. The number of hydrogen-bond acceptors (Lipinski definition) is 3. The molecule has 1 atom stereocenters. The summed E-state index contributed by atoms with van der Waals surface area (Å²) in [6, 6.07) is 0. The molecule has 4 heteroatoms. The summed E-state index contributed by atoms with van der Waals surface area (Å²) in [5, 5.41) is 8.81. The molecule has 0 aromatic heterocycles. The predicted octanol–water partition coefficient (Wildman–Crippen LogP) is 4.37. The first-order chi connectivity index (χ1) is 9.70. The lowest BCUT2D eigenvalue weighted by Crippen LogP contribution is -2.18. The molecule has 0 spiro atoms. The minimum absolute atomic E-state index is 0.0698. The Morgan fingerprint density at radius 3 is 2.05 bits per heavy atom. The van der Waals surface area contributed by atoms with E-state index in [1.165, 1.54) is 51.4 Å². The van der Waals surface area contributed by atoms with Gasteiger partial charge in [0.15, 0.2) is 0 Å². The van der Waals surface area contributed by atoms with Gasteiger partial charge in [0.25, 0.3) is 0 Å². The van der Waals surface area contributed by atoms with Crippen LogP contribution in [0.2, 0.25) is 0 Å². The minimum Gasteiger partial charge on any atom is -0.481 e. The first kappa shape index (κ1) is 19.4. The SMILES string of the molecule is CCCCCCCCCCC[C@@H](CC(=O)O)OCOC. The maximum absolute atomic E-state index is 10.7. The molecule has 0 aliphatic heterocycles. The van der Waals surface area contributed by atoms with E-state index in [1.54, 1.807) is 7.11 Å². The Kier molecular flexibility index (Phi) is 14.3. The molecule has 0 aromatic carbocycles. The standard InChI is InChI=1S/C16H32O4/c1-3-4-5-6-7-8-9-10-11-12-15(13-16(17)18)20-14-19-2/h15H,3-14H2,1-2H3,(H,17,18)/t15-/m0/s1. The van der Waals surface area contributed by atoms with Crippen LogP contribution in [0.5, 0.6) is 0 Å². The highest BCUT2D eigenvalue weighted by Gasteiger charge is 2.13. The molecular formula is C16H32O4. The molecule has 1 N–H and O–H groups in total. The summed E-state index contributed by atoms with van der Waals surface area (Å²) in [5.41, 5.74) is 0. The van der Waals surface area contributed by atoms with E-state index in [1.807, 2.05) is 0 Å². The molecule has 0 rings (SSSR count). The third-order valence-electron chi connectivity index (χ3n) is 3.45. The molecule has 120 valence electrons. The Morgan fingerprint density at radius 1 is 1.00 bits per heavy atom. The van der Waals surface area contributed by atoms with Gasteiger partial charge in [-0.2, -0.15) is 0 Å². The number of carbonyl (C=O) groups is 1. The van der Waals surface area contributed by atoms with Crippen molar-refractivity contribution < 1.29 is 19.4 Å². The molecule has 0 heterocycles. The second-order valence-corrected chi connectivity index (χ2v) is 5.41. The Hall–Kier alpha value is -0.610. The van der Waals surface area contributed by atoms with E-state index >= 15 is 0 Å². The average Bonchev–Trinajstić information content (AvgIpc) is 2.42. The van der Waals surface area contributed by atoms with Crippen molar-refractivity contribution in [3.05, 3.63) is 0 Å². The highest BCUT2D eigenvalue weighted by atomic mass is 16.7. The van der Waals surface area contributed by atoms with Gasteiger partial charge in [-0.25, -0.2) is 0 Å². The average molecular weight is 288 g/mol. The summed E-state index contributed by atoms with van der Waals surface area (Å²) in [4.78, 5) is 10.7. The topological polar surface area (TPSA) is 55.8 Å². The first-order valence-corrected chi connectivity index (χ1v) is 8.03. The molecule has 0 aliphatic rings. The van der Waals surface area contributed by atoms with Crippen molar-refractivity contribution in [1.29, 1.82) is 0 Å². The van der Waals surface area contributed by atoms with Crippen LogP contribution in [0, 0.1) is 0 Å². The molecule has 0 aliphatic carbocycles. The fraction of sp³-hybridized carbons (Fsp3) is 0.938. The van der Waals surface area contributed by atoms with Crippen LogP contribution >= 0.6 is 0 Å². The monoisotopic (exact) mass is 288 g/mol. The number of aliphatic carboxylic acids is 1. The molecule has 0 saturated heterocycles. The van der Waals surface area contributed by atoms with Gasteiger partial charge < -0.3 is 14.6 Å². The van der Waals surface area contributed by atoms with Crippen LogP contribution in [0.1, 0.15) is 77.6 Å². The van der Waals surface area contributed by atoms with Crippen molar-refractivity contribution in [3.8, 4) is 0 Å². The largest absolute Gasteiger partial charge is 0.481 e. The van der Waals surface area contributed by atoms with E-state index in [2.05, 4.69) is 6.92 Å². The van der Waals surface area contributed by atoms with Crippen molar-refractivity contribution in [2.24, 2.45) is 0 Å². The van der Waals surface area contributed by atoms with E-state index in [0.29, 0.717) is 0 Å². The fourth-order valence-corrected chi connectivity index (χ4v) is 2.29. The summed E-state index contributed by atoms with van der Waals surface area (Å²) in [5.74, 6) is -0.804. The number of hydrogen-bond donors (Lipinski definition) is 1. The third kappa shape index (κ3) is 13.8. The quantitative estimate of drug-likeness (QED) is 0.359. The van der Waals surface area contributed by atoms with Gasteiger partial charge in [0.2, 0.25) is 0 Å². The maximum Gasteiger partial charge on any atom is 0.305 e. The molecule has 4 nitrogen and oxygen atoms in total. The summed E-state index contributed by atoms with van der Waals surface area (Å²) in [6.07, 6.45) is 12.1. The maximum atomic E-state index is 10.7. The van der Waals surface area contributed by atoms with E-state index in [0.717, 1.165) is 12.8 Å². The second kappa shape index (κ2) is 14.8. The summed E-state index contributed by atoms with van der Waals surface area (Å²) < 4.78 is 10.2. The Labute approximate surface area is 123 Å². The number of rotatable bonds is 15. The van der Waals surface area contributed by atoms with Gasteiger partial charge in [0.05, 0.1) is 12.5 Å². The minimum atomic E-state index is -0.804. The van der Waals surface area contributed by atoms with Gasteiger partial charge in [0, 0.05) is 7.11 Å². The number of ether oxygens (including phenoxy) is 2. The van der Waals surface area contributed by atoms with Crippen LogP contribution < -0.4 is 0 Å². The van der Waals surface area contributed by atoms with Gasteiger partial charge in [0.1, 0.15) is 6.79 Å². The van der Waals surface area contributed by atoms with Crippen molar-refractivity contribution in [2.75, 3.05) is 13.9 Å². The molecular weight excluding hydrogens is 256 g/mol. The number of methoxy groups -OCH3 is 1. The first-order valence-electron chi connectivity index (χ1n) is 8.03. The van der Waals surface area contributed by atoms with Crippen LogP contribution in [0.15, 0.2) is 0 Å². The van der Waals surface area contributed by atoms with Crippen LogP contribution in [0.25, 0.3) is 0 Å². The highest BCUT2D eigenvalue weighted by Crippen LogP contribution is 2.14.